The second-order valence-corrected chi connectivity index (χ2v) is 7.95. The number of esters is 1. The van der Waals surface area contributed by atoms with Crippen molar-refractivity contribution < 1.29 is 29.0 Å². The Morgan fingerprint density at radius 3 is 2.45 bits per heavy atom. The van der Waals surface area contributed by atoms with Crippen molar-refractivity contribution in [1.82, 2.24) is 0 Å². The quantitative estimate of drug-likeness (QED) is 0.468. The number of rotatable bonds is 3. The summed E-state index contributed by atoms with van der Waals surface area (Å²) in [4.78, 5) is 54.0. The van der Waals surface area contributed by atoms with E-state index >= 15 is 0 Å². The number of carbonyl (C=O) groups is 4. The van der Waals surface area contributed by atoms with Crippen LogP contribution in [-0.4, -0.2) is 34.2 Å². The zero-order valence-corrected chi connectivity index (χ0v) is 16.5. The summed E-state index contributed by atoms with van der Waals surface area (Å²) < 4.78 is 5.38. The molecule has 7 heteroatoms. The topological polar surface area (TPSA) is 101 Å². The third-order valence-electron chi connectivity index (χ3n) is 6.19. The number of hydrogen-bond donors (Lipinski definition) is 1. The van der Waals surface area contributed by atoms with E-state index in [1.165, 1.54) is 18.2 Å². The summed E-state index contributed by atoms with van der Waals surface area (Å²) >= 11 is 0. The lowest BCUT2D eigenvalue weighted by atomic mass is 9.71. The third-order valence-corrected chi connectivity index (χ3v) is 6.19. The van der Waals surface area contributed by atoms with Crippen molar-refractivity contribution in [3.63, 3.8) is 0 Å². The van der Waals surface area contributed by atoms with Crippen LogP contribution in [0, 0.1) is 5.92 Å². The van der Waals surface area contributed by atoms with E-state index in [-0.39, 0.29) is 46.9 Å². The van der Waals surface area contributed by atoms with E-state index in [0.29, 0.717) is 12.8 Å². The van der Waals surface area contributed by atoms with E-state index in [0.717, 1.165) is 4.90 Å². The van der Waals surface area contributed by atoms with Gasteiger partial charge in [0.2, 0.25) is 0 Å². The highest BCUT2D eigenvalue weighted by Gasteiger charge is 2.63. The van der Waals surface area contributed by atoms with E-state index in [2.05, 4.69) is 0 Å². The van der Waals surface area contributed by atoms with Gasteiger partial charge in [0.05, 0.1) is 17.2 Å². The molecule has 1 fully saturated rings. The Morgan fingerprint density at radius 2 is 1.71 bits per heavy atom. The molecule has 2 aromatic carbocycles. The molecule has 1 N–H and O–H groups in total. The second kappa shape index (κ2) is 6.99. The van der Waals surface area contributed by atoms with Crippen molar-refractivity contribution in [2.75, 3.05) is 4.90 Å². The van der Waals surface area contributed by atoms with Gasteiger partial charge in [-0.05, 0) is 25.0 Å². The van der Waals surface area contributed by atoms with Gasteiger partial charge in [0.1, 0.15) is 11.5 Å². The summed E-state index contributed by atoms with van der Waals surface area (Å²) in [6, 6.07) is 14.5. The summed E-state index contributed by atoms with van der Waals surface area (Å²) in [5.74, 6) is -3.70. The van der Waals surface area contributed by atoms with E-state index in [9.17, 15) is 24.3 Å². The molecule has 1 amide bonds. The number of benzene rings is 2. The van der Waals surface area contributed by atoms with Crippen LogP contribution in [0.4, 0.5) is 5.69 Å². The molecule has 0 spiro atoms. The molecule has 156 valence electrons. The van der Waals surface area contributed by atoms with Crippen LogP contribution >= 0.6 is 0 Å². The molecule has 1 aliphatic carbocycles. The fourth-order valence-corrected chi connectivity index (χ4v) is 4.73. The summed E-state index contributed by atoms with van der Waals surface area (Å²) in [7, 11) is 0. The number of ether oxygens (including phenoxy) is 1. The SMILES string of the molecule is O=C1Oc2ccccc2N2C(=O)C(O)(C3CCCCC3=O)C(C(=O)c3ccccc3)=C12. The van der Waals surface area contributed by atoms with Crippen molar-refractivity contribution in [2.24, 2.45) is 5.92 Å². The fourth-order valence-electron chi connectivity index (χ4n) is 4.73. The second-order valence-electron chi connectivity index (χ2n) is 7.95. The van der Waals surface area contributed by atoms with Crippen molar-refractivity contribution in [1.29, 1.82) is 0 Å². The Hall–Kier alpha value is -3.58. The first-order valence-electron chi connectivity index (χ1n) is 10.2. The van der Waals surface area contributed by atoms with Gasteiger partial charge >= 0.3 is 5.97 Å². The van der Waals surface area contributed by atoms with Crippen LogP contribution in [-0.2, 0) is 14.4 Å². The van der Waals surface area contributed by atoms with Crippen LogP contribution in [0.2, 0.25) is 0 Å². The number of para-hydroxylation sites is 2. The van der Waals surface area contributed by atoms with E-state index in [1.54, 1.807) is 36.4 Å². The molecule has 0 radical (unpaired) electrons. The lowest BCUT2D eigenvalue weighted by Crippen LogP contribution is -2.53. The Labute approximate surface area is 177 Å². The van der Waals surface area contributed by atoms with Crippen LogP contribution in [0.15, 0.2) is 65.9 Å². The number of amides is 1. The monoisotopic (exact) mass is 417 g/mol. The van der Waals surface area contributed by atoms with Gasteiger partial charge < -0.3 is 9.84 Å². The molecule has 1 saturated carbocycles. The van der Waals surface area contributed by atoms with E-state index < -0.39 is 29.2 Å². The number of ketones is 2. The summed E-state index contributed by atoms with van der Waals surface area (Å²) in [5.41, 5.74) is -2.69. The van der Waals surface area contributed by atoms with Gasteiger partial charge in [0.25, 0.3) is 5.91 Å². The summed E-state index contributed by atoms with van der Waals surface area (Å²) in [6.07, 6.45) is 1.76. The zero-order valence-electron chi connectivity index (χ0n) is 16.5. The predicted molar refractivity (Wildman–Crippen MR) is 109 cm³/mol. The maximum absolute atomic E-state index is 13.7. The van der Waals surface area contributed by atoms with E-state index in [4.69, 9.17) is 4.74 Å². The molecule has 2 heterocycles. The fraction of sp³-hybridized carbons (Fsp3) is 0.250. The Balaban J connectivity index is 1.77. The van der Waals surface area contributed by atoms with Gasteiger partial charge in [-0.3, -0.25) is 19.3 Å². The highest BCUT2D eigenvalue weighted by atomic mass is 16.5. The normalized spacial score (nSPS) is 25.3. The molecule has 3 aliphatic rings. The summed E-state index contributed by atoms with van der Waals surface area (Å²) in [6.45, 7) is 0. The third kappa shape index (κ3) is 2.70. The molecule has 2 atom stereocenters. The minimum atomic E-state index is -2.43. The van der Waals surface area contributed by atoms with Gasteiger partial charge in [-0.25, -0.2) is 4.79 Å². The van der Waals surface area contributed by atoms with E-state index in [1.807, 2.05) is 0 Å². The number of nitrogens with zero attached hydrogens (tertiary/aromatic N) is 1. The van der Waals surface area contributed by atoms with Gasteiger partial charge in [-0.2, -0.15) is 0 Å². The average molecular weight is 417 g/mol. The number of Topliss-reactive ketones (excluding diaryl/α,β-unsaturated/α-hetero) is 2. The van der Waals surface area contributed by atoms with Gasteiger partial charge in [0.15, 0.2) is 17.1 Å². The number of anilines is 1. The highest BCUT2D eigenvalue weighted by Crippen LogP contribution is 2.49. The number of aliphatic hydroxyl groups is 1. The lowest BCUT2D eigenvalue weighted by molar-refractivity contribution is -0.145. The number of hydrogen-bond acceptors (Lipinski definition) is 6. The maximum atomic E-state index is 13.7. The van der Waals surface area contributed by atoms with Gasteiger partial charge in [-0.1, -0.05) is 48.9 Å². The van der Waals surface area contributed by atoms with Crippen molar-refractivity contribution in [3.05, 3.63) is 71.4 Å². The lowest BCUT2D eigenvalue weighted by Gasteiger charge is -2.34. The minimum absolute atomic E-state index is 0.148. The molecule has 0 bridgehead atoms. The van der Waals surface area contributed by atoms with Crippen LogP contribution in [0.5, 0.6) is 5.75 Å². The standard InChI is InChI=1S/C24H19NO6/c26-17-12-6-4-10-15(17)24(30)19(21(27)14-8-2-1-3-9-14)20-22(28)31-18-13-7-5-11-16(18)25(20)23(24)29/h1-3,5,7-9,11,13,15,30H,4,6,10,12H2. The van der Waals surface area contributed by atoms with Gasteiger partial charge in [0, 0.05) is 12.0 Å². The zero-order chi connectivity index (χ0) is 21.8. The molecule has 0 saturated heterocycles. The molecule has 0 aromatic heterocycles. The average Bonchev–Trinajstić information content (AvgIpc) is 3.03. The van der Waals surface area contributed by atoms with Crippen LogP contribution in [0.1, 0.15) is 36.0 Å². The van der Waals surface area contributed by atoms with Crippen molar-refractivity contribution in [2.45, 2.75) is 31.3 Å². The maximum Gasteiger partial charge on any atom is 0.361 e. The molecular formula is C24H19NO6. The molecule has 2 aromatic rings. The Kier molecular flexibility index (Phi) is 4.37. The van der Waals surface area contributed by atoms with Crippen LogP contribution in [0.3, 0.4) is 0 Å². The van der Waals surface area contributed by atoms with Crippen molar-refractivity contribution in [3.8, 4) is 5.75 Å². The first-order chi connectivity index (χ1) is 14.9. The molecule has 31 heavy (non-hydrogen) atoms. The van der Waals surface area contributed by atoms with Crippen LogP contribution < -0.4 is 9.64 Å². The first kappa shape index (κ1) is 19.4. The van der Waals surface area contributed by atoms with Crippen molar-refractivity contribution >= 4 is 29.1 Å². The number of fused-ring (bicyclic) bond motifs is 3. The van der Waals surface area contributed by atoms with Gasteiger partial charge in [-0.15, -0.1) is 0 Å². The Morgan fingerprint density at radius 1 is 1.00 bits per heavy atom. The molecular weight excluding hydrogens is 398 g/mol. The largest absolute Gasteiger partial charge is 0.420 e. The predicted octanol–water partition coefficient (Wildman–Crippen LogP) is 2.58. The smallest absolute Gasteiger partial charge is 0.361 e. The molecule has 2 aliphatic heterocycles. The molecule has 5 rings (SSSR count). The number of carbonyl (C=O) groups excluding carboxylic acids is 4. The molecule has 2 unspecified atom stereocenters. The molecule has 7 nitrogen and oxygen atoms in total. The van der Waals surface area contributed by atoms with Crippen LogP contribution in [0.25, 0.3) is 0 Å². The summed E-state index contributed by atoms with van der Waals surface area (Å²) in [5, 5.41) is 11.8. The first-order valence-corrected chi connectivity index (χ1v) is 10.2. The Bertz CT molecular complexity index is 1170. The highest BCUT2D eigenvalue weighted by molar-refractivity contribution is 6.29. The minimum Gasteiger partial charge on any atom is -0.420 e.